The Bertz CT molecular complexity index is 1850. The normalized spacial score (nSPS) is 15.3. The number of para-hydroxylation sites is 2. The molecule has 5 aromatic rings. The third kappa shape index (κ3) is 6.94. The number of hydrogen-bond acceptors (Lipinski definition) is 8. The smallest absolute Gasteiger partial charge is 0.268 e. The molecule has 11 nitrogen and oxygen atoms in total. The number of rotatable bonds is 11. The number of nitrogens with zero attached hydrogens (tertiary/aromatic N) is 4. The van der Waals surface area contributed by atoms with Crippen molar-refractivity contribution in [3.63, 3.8) is 0 Å². The van der Waals surface area contributed by atoms with E-state index in [0.717, 1.165) is 23.7 Å². The molecule has 0 radical (unpaired) electrons. The molecule has 2 heterocycles. The van der Waals surface area contributed by atoms with Crippen LogP contribution in [0, 0.1) is 0 Å². The van der Waals surface area contributed by atoms with Gasteiger partial charge in [-0.05, 0) is 55.3 Å². The Morgan fingerprint density at radius 3 is 2.30 bits per heavy atom. The number of benzene rings is 4. The summed E-state index contributed by atoms with van der Waals surface area (Å²) in [5, 5.41) is 6.20. The lowest BCUT2D eigenvalue weighted by atomic mass is 10.0. The Balaban J connectivity index is 1.30. The zero-order valence-electron chi connectivity index (χ0n) is 25.4. The highest BCUT2D eigenvalue weighted by molar-refractivity contribution is 7.81. The van der Waals surface area contributed by atoms with Crippen LogP contribution in [0.5, 0.6) is 11.5 Å². The van der Waals surface area contributed by atoms with Crippen LogP contribution in [0.4, 0.5) is 28.7 Å². The van der Waals surface area contributed by atoms with Crippen LogP contribution < -0.4 is 24.4 Å². The molecule has 46 heavy (non-hydrogen) atoms. The minimum absolute atomic E-state index is 0.104. The predicted molar refractivity (Wildman–Crippen MR) is 180 cm³/mol. The van der Waals surface area contributed by atoms with Crippen molar-refractivity contribution >= 4 is 56.9 Å². The quantitative estimate of drug-likeness (QED) is 0.140. The minimum Gasteiger partial charge on any atom is -0.497 e. The van der Waals surface area contributed by atoms with Gasteiger partial charge in [-0.1, -0.05) is 48.5 Å². The molecule has 0 saturated carbocycles. The fraction of sp³-hybridized carbons (Fsp3) is 0.206. The predicted octanol–water partition coefficient (Wildman–Crippen LogP) is 6.44. The number of carbonyl (C=O) groups is 1. The molecule has 3 N–H and O–H groups in total. The van der Waals surface area contributed by atoms with E-state index >= 15 is 0 Å². The largest absolute Gasteiger partial charge is 0.497 e. The van der Waals surface area contributed by atoms with Gasteiger partial charge in [0.25, 0.3) is 11.3 Å². The third-order valence-corrected chi connectivity index (χ3v) is 8.47. The van der Waals surface area contributed by atoms with Crippen LogP contribution in [0.15, 0.2) is 97.1 Å². The fourth-order valence-electron chi connectivity index (χ4n) is 5.68. The molecule has 4 aromatic carbocycles. The van der Waals surface area contributed by atoms with Crippen molar-refractivity contribution in [2.24, 2.45) is 0 Å². The number of anilines is 5. The second-order valence-corrected chi connectivity index (χ2v) is 11.6. The van der Waals surface area contributed by atoms with E-state index in [2.05, 4.69) is 27.7 Å². The summed E-state index contributed by atoms with van der Waals surface area (Å²) in [5.74, 6) is 1.26. The number of amides is 1. The van der Waals surface area contributed by atoms with E-state index in [0.29, 0.717) is 39.6 Å². The van der Waals surface area contributed by atoms with Gasteiger partial charge in [0.05, 0.1) is 37.5 Å². The number of methoxy groups -OCH3 is 2. The zero-order valence-corrected chi connectivity index (χ0v) is 26.2. The van der Waals surface area contributed by atoms with E-state index in [1.165, 1.54) is 5.56 Å². The average molecular weight is 639 g/mol. The van der Waals surface area contributed by atoms with E-state index in [4.69, 9.17) is 19.4 Å². The van der Waals surface area contributed by atoms with E-state index in [9.17, 15) is 13.6 Å². The summed E-state index contributed by atoms with van der Waals surface area (Å²) in [5.41, 5.74) is 3.70. The van der Waals surface area contributed by atoms with E-state index in [1.54, 1.807) is 62.8 Å². The Labute approximate surface area is 269 Å². The van der Waals surface area contributed by atoms with Crippen LogP contribution in [0.25, 0.3) is 11.0 Å². The van der Waals surface area contributed by atoms with Gasteiger partial charge in [-0.3, -0.25) is 14.2 Å². The molecule has 0 aliphatic carbocycles. The van der Waals surface area contributed by atoms with Gasteiger partial charge in [0.1, 0.15) is 11.5 Å². The van der Waals surface area contributed by atoms with Crippen molar-refractivity contribution < 1.29 is 23.0 Å². The van der Waals surface area contributed by atoms with Gasteiger partial charge in [-0.25, -0.2) is 18.5 Å². The molecule has 1 aromatic heterocycles. The molecule has 2 atom stereocenters. The second-order valence-electron chi connectivity index (χ2n) is 10.8. The SMILES string of the molecule is COc1cc(Nc2nc3ccccc3nc2N(c2cccc(NC(=O)CN3CCCC3c3ccccc3)c2)S(=O)O)cc(OC)c1. The number of aromatic nitrogens is 2. The topological polar surface area (TPSA) is 129 Å². The molecular weight excluding hydrogens is 604 g/mol. The molecule has 1 amide bonds. The van der Waals surface area contributed by atoms with Gasteiger partial charge in [0.15, 0.2) is 11.6 Å². The number of ether oxygens (including phenoxy) is 2. The average Bonchev–Trinajstić information content (AvgIpc) is 3.53. The molecule has 2 unspecified atom stereocenters. The lowest BCUT2D eigenvalue weighted by Gasteiger charge is -2.25. The number of carbonyl (C=O) groups excluding carboxylic acids is 1. The summed E-state index contributed by atoms with van der Waals surface area (Å²) in [6.07, 6.45) is 2.01. The van der Waals surface area contributed by atoms with Gasteiger partial charge in [0, 0.05) is 35.6 Å². The van der Waals surface area contributed by atoms with Crippen LogP contribution in [0.1, 0.15) is 24.4 Å². The van der Waals surface area contributed by atoms with Crippen LogP contribution in [0.2, 0.25) is 0 Å². The second kappa shape index (κ2) is 13.9. The number of hydrogen-bond donors (Lipinski definition) is 3. The van der Waals surface area contributed by atoms with Gasteiger partial charge in [-0.2, -0.15) is 0 Å². The van der Waals surface area contributed by atoms with Crippen LogP contribution in [-0.2, 0) is 16.1 Å². The number of nitrogens with one attached hydrogen (secondary N) is 2. The highest BCUT2D eigenvalue weighted by Gasteiger charge is 2.28. The zero-order chi connectivity index (χ0) is 32.0. The maximum atomic E-state index is 13.2. The Hall–Kier alpha value is -5.04. The van der Waals surface area contributed by atoms with Gasteiger partial charge in [-0.15, -0.1) is 0 Å². The summed E-state index contributed by atoms with van der Waals surface area (Å²) in [6.45, 7) is 1.06. The van der Waals surface area contributed by atoms with Crippen molar-refractivity contribution in [2.45, 2.75) is 18.9 Å². The van der Waals surface area contributed by atoms with Crippen LogP contribution in [0.3, 0.4) is 0 Å². The summed E-state index contributed by atoms with van der Waals surface area (Å²) < 4.78 is 35.6. The molecule has 1 aliphatic rings. The standard InChI is InChI=1S/C34H34N6O5S/c1-44-27-19-25(20-28(21-27)45-2)36-33-34(38-30-15-7-6-14-29(30)37-33)40(46(42)43)26-13-8-12-24(18-26)35-32(41)22-39-17-9-16-31(39)23-10-4-3-5-11-23/h3-8,10-15,18-21,31H,9,16-17,22H2,1-2H3,(H,35,41)(H,36,37)(H,42,43). The summed E-state index contributed by atoms with van der Waals surface area (Å²) in [6, 6.07) is 29.6. The highest BCUT2D eigenvalue weighted by atomic mass is 32.2. The summed E-state index contributed by atoms with van der Waals surface area (Å²) in [4.78, 5) is 24.9. The first-order valence-electron chi connectivity index (χ1n) is 14.8. The van der Waals surface area contributed by atoms with E-state index in [-0.39, 0.29) is 30.1 Å². The maximum Gasteiger partial charge on any atom is 0.268 e. The van der Waals surface area contributed by atoms with Crippen molar-refractivity contribution in [1.82, 2.24) is 14.9 Å². The number of likely N-dealkylation sites (tertiary alicyclic amines) is 1. The lowest BCUT2D eigenvalue weighted by molar-refractivity contribution is -0.117. The highest BCUT2D eigenvalue weighted by Crippen LogP contribution is 2.37. The minimum atomic E-state index is -2.56. The Kier molecular flexibility index (Phi) is 9.38. The van der Waals surface area contributed by atoms with Crippen molar-refractivity contribution in [3.05, 3.63) is 103 Å². The first-order valence-corrected chi connectivity index (χ1v) is 15.8. The van der Waals surface area contributed by atoms with Crippen molar-refractivity contribution in [1.29, 1.82) is 0 Å². The Morgan fingerprint density at radius 1 is 0.913 bits per heavy atom. The van der Waals surface area contributed by atoms with E-state index < -0.39 is 11.3 Å². The fourth-order valence-corrected chi connectivity index (χ4v) is 6.25. The molecule has 236 valence electrons. The van der Waals surface area contributed by atoms with E-state index in [1.807, 2.05) is 36.4 Å². The molecule has 0 spiro atoms. The molecule has 1 aliphatic heterocycles. The summed E-state index contributed by atoms with van der Waals surface area (Å²) >= 11 is -2.56. The Morgan fingerprint density at radius 2 is 1.61 bits per heavy atom. The van der Waals surface area contributed by atoms with Crippen molar-refractivity contribution in [3.8, 4) is 11.5 Å². The molecule has 1 saturated heterocycles. The molecular formula is C34H34N6O5S. The van der Waals surface area contributed by atoms with Gasteiger partial charge < -0.3 is 20.1 Å². The number of fused-ring (bicyclic) bond motifs is 1. The molecule has 12 heteroatoms. The maximum absolute atomic E-state index is 13.2. The van der Waals surface area contributed by atoms with Crippen LogP contribution in [-0.4, -0.2) is 56.8 Å². The van der Waals surface area contributed by atoms with Gasteiger partial charge >= 0.3 is 0 Å². The molecule has 1 fully saturated rings. The molecule has 0 bridgehead atoms. The first-order chi connectivity index (χ1) is 22.4. The first kappa shape index (κ1) is 31.0. The third-order valence-electron chi connectivity index (χ3n) is 7.77. The van der Waals surface area contributed by atoms with Crippen molar-refractivity contribution in [2.75, 3.05) is 42.2 Å². The monoisotopic (exact) mass is 638 g/mol. The lowest BCUT2D eigenvalue weighted by Crippen LogP contribution is -2.33. The summed E-state index contributed by atoms with van der Waals surface area (Å²) in [7, 11) is 3.10. The molecule has 6 rings (SSSR count). The van der Waals surface area contributed by atoms with Gasteiger partial charge in [0.2, 0.25) is 5.91 Å². The van der Waals surface area contributed by atoms with Crippen LogP contribution >= 0.6 is 0 Å².